The van der Waals surface area contributed by atoms with Crippen LogP contribution in [0.15, 0.2) is 18.2 Å². The molecule has 0 unspecified atom stereocenters. The zero-order chi connectivity index (χ0) is 15.2. The van der Waals surface area contributed by atoms with Crippen molar-refractivity contribution in [3.8, 4) is 5.75 Å². The molecule has 0 aliphatic heterocycles. The highest BCUT2D eigenvalue weighted by Gasteiger charge is 2.14. The van der Waals surface area contributed by atoms with Gasteiger partial charge in [0, 0.05) is 24.2 Å². The second-order valence-electron chi connectivity index (χ2n) is 5.99. The zero-order valence-corrected chi connectivity index (χ0v) is 12.7. The van der Waals surface area contributed by atoms with E-state index in [1.54, 1.807) is 12.1 Å². The van der Waals surface area contributed by atoms with Crippen LogP contribution in [0.1, 0.15) is 39.7 Å². The lowest BCUT2D eigenvalue weighted by Gasteiger charge is -2.19. The Kier molecular flexibility index (Phi) is 5.95. The molecule has 0 spiro atoms. The van der Waals surface area contributed by atoms with Crippen LogP contribution in [0.2, 0.25) is 0 Å². The first-order valence-electron chi connectivity index (χ1n) is 6.94. The lowest BCUT2D eigenvalue weighted by molar-refractivity contribution is -0.384. The van der Waals surface area contributed by atoms with Gasteiger partial charge < -0.3 is 10.1 Å². The zero-order valence-electron chi connectivity index (χ0n) is 12.7. The topological polar surface area (TPSA) is 64.4 Å². The second kappa shape index (κ2) is 7.24. The molecule has 112 valence electrons. The molecule has 0 amide bonds. The first-order chi connectivity index (χ1) is 9.33. The van der Waals surface area contributed by atoms with E-state index >= 15 is 0 Å². The summed E-state index contributed by atoms with van der Waals surface area (Å²) in [6, 6.07) is 4.75. The van der Waals surface area contributed by atoms with Crippen LogP contribution in [0.25, 0.3) is 0 Å². The number of nitrogens with one attached hydrogen (secondary N) is 1. The minimum Gasteiger partial charge on any atom is -0.493 e. The number of non-ortho nitro benzene ring substituents is 1. The summed E-state index contributed by atoms with van der Waals surface area (Å²) in [5, 5.41) is 14.0. The number of hydrogen-bond acceptors (Lipinski definition) is 4. The van der Waals surface area contributed by atoms with Gasteiger partial charge >= 0.3 is 0 Å². The molecule has 5 nitrogen and oxygen atoms in total. The summed E-state index contributed by atoms with van der Waals surface area (Å²) in [4.78, 5) is 10.4. The van der Waals surface area contributed by atoms with Crippen molar-refractivity contribution in [2.24, 2.45) is 5.41 Å². The van der Waals surface area contributed by atoms with Gasteiger partial charge in [-0.2, -0.15) is 0 Å². The Balaban J connectivity index is 2.79. The fraction of sp³-hybridized carbons (Fsp3) is 0.600. The Bertz CT molecular complexity index is 453. The van der Waals surface area contributed by atoms with Crippen LogP contribution in [0.5, 0.6) is 5.75 Å². The highest BCUT2D eigenvalue weighted by molar-refractivity contribution is 5.43. The third-order valence-corrected chi connectivity index (χ3v) is 2.93. The summed E-state index contributed by atoms with van der Waals surface area (Å²) in [6.45, 7) is 10.5. The van der Waals surface area contributed by atoms with Crippen molar-refractivity contribution in [1.29, 1.82) is 0 Å². The Morgan fingerprint density at radius 1 is 1.35 bits per heavy atom. The molecular formula is C15H24N2O3. The first-order valence-corrected chi connectivity index (χ1v) is 6.94. The first kappa shape index (κ1) is 16.4. The van der Waals surface area contributed by atoms with Gasteiger partial charge in [0.15, 0.2) is 0 Å². The second-order valence-corrected chi connectivity index (χ2v) is 5.99. The largest absolute Gasteiger partial charge is 0.493 e. The summed E-state index contributed by atoms with van der Waals surface area (Å²) in [6.07, 6.45) is 0.935. The maximum Gasteiger partial charge on any atom is 0.270 e. The van der Waals surface area contributed by atoms with Gasteiger partial charge in [0.1, 0.15) is 5.75 Å². The summed E-state index contributed by atoms with van der Waals surface area (Å²) >= 11 is 0. The van der Waals surface area contributed by atoms with Gasteiger partial charge in [-0.25, -0.2) is 0 Å². The van der Waals surface area contributed by atoms with Gasteiger partial charge in [-0.15, -0.1) is 0 Å². The van der Waals surface area contributed by atoms with Crippen molar-refractivity contribution in [2.75, 3.05) is 13.2 Å². The van der Waals surface area contributed by atoms with Crippen molar-refractivity contribution < 1.29 is 9.66 Å². The van der Waals surface area contributed by atoms with E-state index in [0.717, 1.165) is 24.3 Å². The normalized spacial score (nSPS) is 11.4. The van der Waals surface area contributed by atoms with Crippen LogP contribution >= 0.6 is 0 Å². The molecule has 0 aromatic heterocycles. The molecule has 5 heteroatoms. The van der Waals surface area contributed by atoms with Crippen molar-refractivity contribution in [2.45, 2.75) is 40.7 Å². The predicted octanol–water partition coefficient (Wildman–Crippen LogP) is 3.52. The molecule has 1 aromatic carbocycles. The molecule has 20 heavy (non-hydrogen) atoms. The van der Waals surface area contributed by atoms with Crippen LogP contribution in [0.4, 0.5) is 5.69 Å². The Labute approximate surface area is 120 Å². The van der Waals surface area contributed by atoms with E-state index in [9.17, 15) is 10.1 Å². The van der Waals surface area contributed by atoms with Crippen LogP contribution in [0.3, 0.4) is 0 Å². The Hall–Kier alpha value is -1.62. The monoisotopic (exact) mass is 280 g/mol. The molecule has 0 fully saturated rings. The molecule has 0 saturated carbocycles. The molecule has 0 saturated heterocycles. The molecule has 0 bridgehead atoms. The molecule has 0 aliphatic carbocycles. The lowest BCUT2D eigenvalue weighted by Crippen LogP contribution is -2.15. The van der Waals surface area contributed by atoms with Crippen molar-refractivity contribution in [3.05, 3.63) is 33.9 Å². The number of nitro groups is 1. The molecule has 0 aliphatic rings. The summed E-state index contributed by atoms with van der Waals surface area (Å²) < 4.78 is 5.78. The smallest absolute Gasteiger partial charge is 0.270 e. The fourth-order valence-corrected chi connectivity index (χ4v) is 1.69. The van der Waals surface area contributed by atoms with Crippen LogP contribution in [-0.4, -0.2) is 18.1 Å². The fourth-order valence-electron chi connectivity index (χ4n) is 1.69. The van der Waals surface area contributed by atoms with E-state index in [4.69, 9.17) is 4.74 Å². The van der Waals surface area contributed by atoms with E-state index in [1.807, 2.05) is 6.92 Å². The number of benzene rings is 1. The Morgan fingerprint density at radius 2 is 2.05 bits per heavy atom. The molecule has 1 rings (SSSR count). The van der Waals surface area contributed by atoms with Crippen molar-refractivity contribution in [1.82, 2.24) is 5.32 Å². The van der Waals surface area contributed by atoms with E-state index in [0.29, 0.717) is 13.2 Å². The average Bonchev–Trinajstić information content (AvgIpc) is 2.35. The maximum absolute atomic E-state index is 10.8. The van der Waals surface area contributed by atoms with Gasteiger partial charge in [-0.05, 0) is 24.4 Å². The number of nitrogens with zero attached hydrogens (tertiary/aromatic N) is 1. The maximum atomic E-state index is 10.8. The van der Waals surface area contributed by atoms with Gasteiger partial charge in [0.25, 0.3) is 5.69 Å². The minimum absolute atomic E-state index is 0.0982. The van der Waals surface area contributed by atoms with Crippen molar-refractivity contribution >= 4 is 5.69 Å². The molecule has 0 radical (unpaired) electrons. The van der Waals surface area contributed by atoms with Gasteiger partial charge in [-0.3, -0.25) is 10.1 Å². The number of rotatable bonds is 7. The number of nitro benzene ring substituents is 1. The highest BCUT2D eigenvalue weighted by Crippen LogP contribution is 2.26. The molecular weight excluding hydrogens is 256 g/mol. The Morgan fingerprint density at radius 3 is 2.60 bits per heavy atom. The van der Waals surface area contributed by atoms with Gasteiger partial charge in [0.2, 0.25) is 0 Å². The van der Waals surface area contributed by atoms with E-state index in [-0.39, 0.29) is 16.0 Å². The standard InChI is InChI=1S/C15H24N2O3/c1-5-16-11-12-10-13(17(18)19)6-7-14(12)20-9-8-15(2,3)4/h6-7,10,16H,5,8-9,11H2,1-4H3. The summed E-state index contributed by atoms with van der Waals surface area (Å²) in [5.74, 6) is 0.723. The summed E-state index contributed by atoms with van der Waals surface area (Å²) in [7, 11) is 0. The molecule has 1 N–H and O–H groups in total. The van der Waals surface area contributed by atoms with Gasteiger partial charge in [0.05, 0.1) is 11.5 Å². The predicted molar refractivity (Wildman–Crippen MR) is 80.0 cm³/mol. The van der Waals surface area contributed by atoms with E-state index in [1.165, 1.54) is 6.07 Å². The molecule has 0 heterocycles. The number of ether oxygens (including phenoxy) is 1. The van der Waals surface area contributed by atoms with Crippen LogP contribution < -0.4 is 10.1 Å². The third-order valence-electron chi connectivity index (χ3n) is 2.93. The SMILES string of the molecule is CCNCc1cc([N+](=O)[O-])ccc1OCCC(C)(C)C. The number of hydrogen-bond donors (Lipinski definition) is 1. The van der Waals surface area contributed by atoms with E-state index < -0.39 is 0 Å². The third kappa shape index (κ3) is 5.57. The lowest BCUT2D eigenvalue weighted by atomic mass is 9.93. The molecule has 0 atom stereocenters. The molecule has 1 aromatic rings. The van der Waals surface area contributed by atoms with E-state index in [2.05, 4.69) is 26.1 Å². The minimum atomic E-state index is -0.381. The highest BCUT2D eigenvalue weighted by atomic mass is 16.6. The van der Waals surface area contributed by atoms with Crippen LogP contribution in [0, 0.1) is 15.5 Å². The quantitative estimate of drug-likeness (QED) is 0.613. The van der Waals surface area contributed by atoms with Crippen LogP contribution in [-0.2, 0) is 6.54 Å². The average molecular weight is 280 g/mol. The van der Waals surface area contributed by atoms with Gasteiger partial charge in [-0.1, -0.05) is 27.7 Å². The summed E-state index contributed by atoms with van der Waals surface area (Å²) in [5.41, 5.74) is 1.14. The van der Waals surface area contributed by atoms with Crippen molar-refractivity contribution in [3.63, 3.8) is 0 Å².